The normalized spacial score (nSPS) is 14.1. The molecule has 6 atom stereocenters. The zero-order valence-electron chi connectivity index (χ0n) is 67.6. The number of aliphatic hydroxyl groups excluding tert-OH is 1. The summed E-state index contributed by atoms with van der Waals surface area (Å²) in [4.78, 5) is 73.0. The van der Waals surface area contributed by atoms with Crippen LogP contribution in [0, 0.1) is 11.8 Å². The number of rotatable bonds is 83. The Morgan fingerprint density at radius 2 is 0.495 bits per heavy atom. The fourth-order valence-corrected chi connectivity index (χ4v) is 14.6. The van der Waals surface area contributed by atoms with Gasteiger partial charge in [0.25, 0.3) is 0 Å². The van der Waals surface area contributed by atoms with Gasteiger partial charge in [-0.05, 0) is 37.5 Å². The topological polar surface area (TPSA) is 237 Å². The predicted octanol–water partition coefficient (Wildman–Crippen LogP) is 25.5. The minimum Gasteiger partial charge on any atom is -0.462 e. The van der Waals surface area contributed by atoms with Crippen molar-refractivity contribution in [1.82, 2.24) is 0 Å². The maximum atomic E-state index is 13.1. The third-order valence-electron chi connectivity index (χ3n) is 20.1. The van der Waals surface area contributed by atoms with Gasteiger partial charge in [-0.3, -0.25) is 37.3 Å². The Balaban J connectivity index is 5.19. The van der Waals surface area contributed by atoms with Gasteiger partial charge in [-0.15, -0.1) is 0 Å². The van der Waals surface area contributed by atoms with Crippen molar-refractivity contribution in [2.24, 2.45) is 11.8 Å². The summed E-state index contributed by atoms with van der Waals surface area (Å²) in [6, 6.07) is 0. The summed E-state index contributed by atoms with van der Waals surface area (Å²) in [6.45, 7) is 9.56. The Morgan fingerprint density at radius 3 is 0.738 bits per heavy atom. The second-order valence-corrected chi connectivity index (χ2v) is 33.8. The Labute approximate surface area is 632 Å². The number of hydrogen-bond acceptors (Lipinski definition) is 15. The van der Waals surface area contributed by atoms with Crippen LogP contribution in [-0.2, 0) is 65.4 Å². The standard InChI is InChI=1S/C84H164O17P2/c1-7-10-12-14-16-18-20-22-24-26-28-30-31-33-35-37-39-41-43-48-56-62-68-83(88)100-79(72-94-81(86)66-60-54-47-42-40-38-36-34-32-29-27-25-23-21-19-17-15-13-11-8-2)74-98-102(90,91)96-70-78(85)71-97-103(92,93)99-75-80(73-95-82(87)67-61-55-51-50-53-59-65-77(6)9-3)101-84(89)69-63-57-49-45-44-46-52-58-64-76(4)5/h76-80,85H,7-75H2,1-6H3,(H,90,91)(H,92,93)/t77?,78-,79-,80-/m1/s1. The average Bonchev–Trinajstić information content (AvgIpc) is 0.909. The van der Waals surface area contributed by atoms with Crippen LogP contribution in [0.4, 0.5) is 0 Å². The van der Waals surface area contributed by atoms with E-state index in [9.17, 15) is 43.2 Å². The molecule has 0 aromatic rings. The Bertz CT molecular complexity index is 1980. The number of aliphatic hydroxyl groups is 1. The lowest BCUT2D eigenvalue weighted by molar-refractivity contribution is -0.161. The van der Waals surface area contributed by atoms with Gasteiger partial charge >= 0.3 is 39.5 Å². The fraction of sp³-hybridized carbons (Fsp3) is 0.952. The highest BCUT2D eigenvalue weighted by Crippen LogP contribution is 2.45. The summed E-state index contributed by atoms with van der Waals surface area (Å²) >= 11 is 0. The molecule has 0 spiro atoms. The van der Waals surface area contributed by atoms with E-state index in [1.807, 2.05) is 0 Å². The number of phosphoric acid groups is 2. The lowest BCUT2D eigenvalue weighted by Crippen LogP contribution is -2.30. The summed E-state index contributed by atoms with van der Waals surface area (Å²) < 4.78 is 68.7. The number of carbonyl (C=O) groups excluding carboxylic acids is 4. The molecule has 3 N–H and O–H groups in total. The van der Waals surface area contributed by atoms with Crippen LogP contribution in [0.2, 0.25) is 0 Å². The first-order valence-electron chi connectivity index (χ1n) is 43.5. The SMILES string of the molecule is CCCCCCCCCCCCCCCCCCCCCCCCC(=O)O[C@H](COC(=O)CCCCCCCCCCCCCCCCCCCCCC)COP(=O)(O)OC[C@@H](O)COP(=O)(O)OC[C@@H](COC(=O)CCCCCCCCC(C)CC)OC(=O)CCCCCCCCCCC(C)C. The Hall–Kier alpha value is -1.94. The van der Waals surface area contributed by atoms with Gasteiger partial charge in [0, 0.05) is 25.7 Å². The van der Waals surface area contributed by atoms with Crippen molar-refractivity contribution < 1.29 is 80.2 Å². The molecule has 0 aliphatic heterocycles. The molecule has 0 aromatic heterocycles. The van der Waals surface area contributed by atoms with Crippen LogP contribution in [0.5, 0.6) is 0 Å². The van der Waals surface area contributed by atoms with E-state index >= 15 is 0 Å². The molecule has 0 rings (SSSR count). The highest BCUT2D eigenvalue weighted by atomic mass is 31.2. The molecular weight excluding hydrogens is 1340 g/mol. The second-order valence-electron chi connectivity index (χ2n) is 30.9. The monoisotopic (exact) mass is 1510 g/mol. The predicted molar refractivity (Wildman–Crippen MR) is 423 cm³/mol. The van der Waals surface area contributed by atoms with E-state index in [0.29, 0.717) is 25.7 Å². The molecule has 0 bridgehead atoms. The van der Waals surface area contributed by atoms with Crippen LogP contribution < -0.4 is 0 Å². The summed E-state index contributed by atoms with van der Waals surface area (Å²) in [7, 11) is -9.92. The number of unbranched alkanes of at least 4 members (excludes halogenated alkanes) is 52. The highest BCUT2D eigenvalue weighted by molar-refractivity contribution is 7.47. The largest absolute Gasteiger partial charge is 0.472 e. The highest BCUT2D eigenvalue weighted by Gasteiger charge is 2.30. The zero-order chi connectivity index (χ0) is 75.6. The van der Waals surface area contributed by atoms with E-state index in [1.165, 1.54) is 257 Å². The molecule has 612 valence electrons. The molecule has 0 aromatic carbocycles. The van der Waals surface area contributed by atoms with Crippen LogP contribution >= 0.6 is 15.6 Å². The van der Waals surface area contributed by atoms with Crippen LogP contribution in [0.1, 0.15) is 446 Å². The Morgan fingerprint density at radius 1 is 0.282 bits per heavy atom. The lowest BCUT2D eigenvalue weighted by Gasteiger charge is -2.21. The summed E-state index contributed by atoms with van der Waals surface area (Å²) in [6.07, 6.45) is 67.0. The Kier molecular flexibility index (Phi) is 74.1. The third-order valence-corrected chi connectivity index (χ3v) is 22.0. The number of esters is 4. The molecule has 0 aliphatic carbocycles. The number of ether oxygens (including phenoxy) is 4. The smallest absolute Gasteiger partial charge is 0.462 e. The molecule has 17 nitrogen and oxygen atoms in total. The van der Waals surface area contributed by atoms with Gasteiger partial charge in [0.05, 0.1) is 26.4 Å². The number of hydrogen-bond donors (Lipinski definition) is 3. The molecule has 3 unspecified atom stereocenters. The zero-order valence-corrected chi connectivity index (χ0v) is 69.4. The minimum atomic E-state index is -4.96. The van der Waals surface area contributed by atoms with E-state index < -0.39 is 97.5 Å². The quantitative estimate of drug-likeness (QED) is 0.0222. The minimum absolute atomic E-state index is 0.104. The lowest BCUT2D eigenvalue weighted by atomic mass is 10.00. The summed E-state index contributed by atoms with van der Waals surface area (Å²) in [5, 5.41) is 10.6. The molecule has 0 radical (unpaired) electrons. The van der Waals surface area contributed by atoms with Crippen molar-refractivity contribution in [1.29, 1.82) is 0 Å². The second kappa shape index (κ2) is 75.5. The maximum absolute atomic E-state index is 13.1. The first-order chi connectivity index (χ1) is 49.9. The van der Waals surface area contributed by atoms with Crippen molar-refractivity contribution in [3.63, 3.8) is 0 Å². The van der Waals surface area contributed by atoms with Gasteiger partial charge in [-0.2, -0.15) is 0 Å². The molecule has 0 saturated carbocycles. The van der Waals surface area contributed by atoms with Crippen LogP contribution in [0.15, 0.2) is 0 Å². The molecule has 0 fully saturated rings. The molecule has 0 saturated heterocycles. The summed E-state index contributed by atoms with van der Waals surface area (Å²) in [5.74, 6) is -0.662. The van der Waals surface area contributed by atoms with Crippen molar-refractivity contribution in [3.8, 4) is 0 Å². The van der Waals surface area contributed by atoms with Crippen molar-refractivity contribution in [3.05, 3.63) is 0 Å². The van der Waals surface area contributed by atoms with Gasteiger partial charge in [0.15, 0.2) is 12.2 Å². The molecular formula is C84H164O17P2. The van der Waals surface area contributed by atoms with Gasteiger partial charge < -0.3 is 33.8 Å². The molecule has 103 heavy (non-hydrogen) atoms. The number of carbonyl (C=O) groups is 4. The first-order valence-corrected chi connectivity index (χ1v) is 46.5. The van der Waals surface area contributed by atoms with E-state index in [0.717, 1.165) is 108 Å². The van der Waals surface area contributed by atoms with Crippen LogP contribution in [-0.4, -0.2) is 96.7 Å². The van der Waals surface area contributed by atoms with Crippen LogP contribution in [0.25, 0.3) is 0 Å². The van der Waals surface area contributed by atoms with E-state index in [1.54, 1.807) is 0 Å². The van der Waals surface area contributed by atoms with E-state index in [4.69, 9.17) is 37.0 Å². The van der Waals surface area contributed by atoms with Gasteiger partial charge in [0.1, 0.15) is 19.3 Å². The third kappa shape index (κ3) is 76.6. The average molecular weight is 1510 g/mol. The first kappa shape index (κ1) is 101. The maximum Gasteiger partial charge on any atom is 0.472 e. The van der Waals surface area contributed by atoms with Crippen molar-refractivity contribution in [2.45, 2.75) is 464 Å². The fourth-order valence-electron chi connectivity index (χ4n) is 13.0. The molecule has 0 amide bonds. The van der Waals surface area contributed by atoms with Crippen molar-refractivity contribution in [2.75, 3.05) is 39.6 Å². The van der Waals surface area contributed by atoms with Crippen molar-refractivity contribution >= 4 is 39.5 Å². The van der Waals surface area contributed by atoms with E-state index in [2.05, 4.69) is 41.5 Å². The molecule has 0 heterocycles. The van der Waals surface area contributed by atoms with E-state index in [-0.39, 0.29) is 25.7 Å². The summed E-state index contributed by atoms with van der Waals surface area (Å²) in [5.41, 5.74) is 0. The molecule has 0 aliphatic rings. The number of phosphoric ester groups is 2. The van der Waals surface area contributed by atoms with Gasteiger partial charge in [-0.1, -0.05) is 395 Å². The van der Waals surface area contributed by atoms with Gasteiger partial charge in [0.2, 0.25) is 0 Å². The van der Waals surface area contributed by atoms with Crippen LogP contribution in [0.3, 0.4) is 0 Å². The van der Waals surface area contributed by atoms with Gasteiger partial charge in [-0.25, -0.2) is 9.13 Å². The molecule has 19 heteroatoms.